The first-order valence-electron chi connectivity index (χ1n) is 8.19. The number of fused-ring (bicyclic) bond motifs is 1. The summed E-state index contributed by atoms with van der Waals surface area (Å²) in [6, 6.07) is 9.23. The fourth-order valence-corrected chi connectivity index (χ4v) is 3.65. The minimum absolute atomic E-state index is 0.368. The molecular weight excluding hydrogens is 262 g/mol. The molecule has 0 spiro atoms. The first kappa shape index (κ1) is 14.8. The third-order valence-corrected chi connectivity index (χ3v) is 4.78. The van der Waals surface area contributed by atoms with E-state index < -0.39 is 0 Å². The smallest absolute Gasteiger partial charge is 0.124 e. The molecule has 3 rings (SSSR count). The molecule has 2 unspecified atom stereocenters. The second-order valence-electron chi connectivity index (χ2n) is 6.06. The lowest BCUT2D eigenvalue weighted by molar-refractivity contribution is 0.0435. The van der Waals surface area contributed by atoms with Crippen LogP contribution in [0.5, 0.6) is 5.75 Å². The third-order valence-electron chi connectivity index (χ3n) is 4.78. The van der Waals surface area contributed by atoms with E-state index in [0.29, 0.717) is 12.1 Å². The highest BCUT2D eigenvalue weighted by molar-refractivity contribution is 5.38. The van der Waals surface area contributed by atoms with Crippen molar-refractivity contribution in [3.8, 4) is 5.75 Å². The summed E-state index contributed by atoms with van der Waals surface area (Å²) < 4.78 is 6.00. The van der Waals surface area contributed by atoms with Gasteiger partial charge < -0.3 is 15.0 Å². The van der Waals surface area contributed by atoms with Crippen molar-refractivity contribution in [2.24, 2.45) is 0 Å². The van der Waals surface area contributed by atoms with Gasteiger partial charge in [-0.05, 0) is 26.1 Å². The van der Waals surface area contributed by atoms with E-state index in [1.54, 1.807) is 0 Å². The Hall–Kier alpha value is -1.10. The van der Waals surface area contributed by atoms with Crippen molar-refractivity contribution in [2.75, 3.05) is 46.4 Å². The molecule has 1 saturated heterocycles. The van der Waals surface area contributed by atoms with Crippen LogP contribution in [0.2, 0.25) is 0 Å². The normalized spacial score (nSPS) is 27.1. The summed E-state index contributed by atoms with van der Waals surface area (Å²) in [6.45, 7) is 8.94. The maximum atomic E-state index is 6.00. The third kappa shape index (κ3) is 3.07. The number of piperazine rings is 1. The van der Waals surface area contributed by atoms with Crippen LogP contribution in [0.4, 0.5) is 0 Å². The zero-order valence-electron chi connectivity index (χ0n) is 13.2. The molecule has 1 N–H and O–H groups in total. The van der Waals surface area contributed by atoms with Gasteiger partial charge in [-0.1, -0.05) is 25.1 Å². The number of hydrogen-bond donors (Lipinski definition) is 1. The molecular formula is C17H27N3O. The zero-order valence-corrected chi connectivity index (χ0v) is 13.2. The molecule has 0 amide bonds. The lowest BCUT2D eigenvalue weighted by Gasteiger charge is -2.44. The van der Waals surface area contributed by atoms with Gasteiger partial charge in [0, 0.05) is 31.7 Å². The standard InChI is InChI=1S/C17H27N3O/c1-3-8-19-9-11-20(12-10-19)15-13-21-16-7-5-4-6-14(16)17(15)18-2/h4-7,15,17-18H,3,8-13H2,1-2H3. The summed E-state index contributed by atoms with van der Waals surface area (Å²) in [6.07, 6.45) is 1.25. The minimum atomic E-state index is 0.368. The van der Waals surface area contributed by atoms with E-state index in [4.69, 9.17) is 4.74 Å². The van der Waals surface area contributed by atoms with Crippen LogP contribution < -0.4 is 10.1 Å². The van der Waals surface area contributed by atoms with Crippen molar-refractivity contribution in [3.63, 3.8) is 0 Å². The van der Waals surface area contributed by atoms with Crippen LogP contribution in [-0.4, -0.2) is 62.2 Å². The molecule has 4 nitrogen and oxygen atoms in total. The van der Waals surface area contributed by atoms with Gasteiger partial charge in [-0.25, -0.2) is 0 Å². The highest BCUT2D eigenvalue weighted by Gasteiger charge is 2.35. The second-order valence-corrected chi connectivity index (χ2v) is 6.06. The van der Waals surface area contributed by atoms with Crippen molar-refractivity contribution >= 4 is 0 Å². The largest absolute Gasteiger partial charge is 0.492 e. The molecule has 1 aromatic carbocycles. The predicted octanol–water partition coefficient (Wildman–Crippen LogP) is 1.74. The van der Waals surface area contributed by atoms with E-state index >= 15 is 0 Å². The van der Waals surface area contributed by atoms with Gasteiger partial charge in [-0.2, -0.15) is 0 Å². The summed E-state index contributed by atoms with van der Waals surface area (Å²) in [5, 5.41) is 3.51. The maximum Gasteiger partial charge on any atom is 0.124 e. The van der Waals surface area contributed by atoms with Crippen LogP contribution in [0.25, 0.3) is 0 Å². The first-order chi connectivity index (χ1) is 10.3. The average molecular weight is 289 g/mol. The Morgan fingerprint density at radius 2 is 1.95 bits per heavy atom. The summed E-state index contributed by atoms with van der Waals surface area (Å²) in [5.41, 5.74) is 1.30. The molecule has 2 heterocycles. The lowest BCUT2D eigenvalue weighted by atomic mass is 9.94. The summed E-state index contributed by atoms with van der Waals surface area (Å²) >= 11 is 0. The topological polar surface area (TPSA) is 27.7 Å². The lowest BCUT2D eigenvalue weighted by Crippen LogP contribution is -2.56. The molecule has 0 aromatic heterocycles. The first-order valence-corrected chi connectivity index (χ1v) is 8.19. The number of benzene rings is 1. The highest BCUT2D eigenvalue weighted by Crippen LogP contribution is 2.34. The molecule has 2 aliphatic rings. The number of ether oxygens (including phenoxy) is 1. The van der Waals surface area contributed by atoms with Crippen molar-refractivity contribution in [3.05, 3.63) is 29.8 Å². The summed E-state index contributed by atoms with van der Waals surface area (Å²) in [5.74, 6) is 1.04. The van der Waals surface area contributed by atoms with E-state index in [0.717, 1.165) is 25.4 Å². The summed E-state index contributed by atoms with van der Waals surface area (Å²) in [7, 11) is 2.06. The van der Waals surface area contributed by atoms with Crippen LogP contribution in [0.3, 0.4) is 0 Å². The maximum absolute atomic E-state index is 6.00. The average Bonchev–Trinajstić information content (AvgIpc) is 2.55. The fourth-order valence-electron chi connectivity index (χ4n) is 3.65. The molecule has 116 valence electrons. The van der Waals surface area contributed by atoms with E-state index in [9.17, 15) is 0 Å². The van der Waals surface area contributed by atoms with Crippen molar-refractivity contribution in [1.82, 2.24) is 15.1 Å². The van der Waals surface area contributed by atoms with Gasteiger partial charge in [0.05, 0.1) is 12.1 Å². The Kier molecular flexibility index (Phi) is 4.78. The predicted molar refractivity (Wildman–Crippen MR) is 85.8 cm³/mol. The fraction of sp³-hybridized carbons (Fsp3) is 0.647. The highest BCUT2D eigenvalue weighted by atomic mass is 16.5. The number of likely N-dealkylation sites (N-methyl/N-ethyl adjacent to an activating group) is 1. The van der Waals surface area contributed by atoms with Gasteiger partial charge in [0.1, 0.15) is 12.4 Å². The van der Waals surface area contributed by atoms with Gasteiger partial charge in [0.15, 0.2) is 0 Å². The van der Waals surface area contributed by atoms with E-state index in [1.165, 1.54) is 31.6 Å². The van der Waals surface area contributed by atoms with Gasteiger partial charge in [0.25, 0.3) is 0 Å². The number of para-hydroxylation sites is 1. The van der Waals surface area contributed by atoms with E-state index in [2.05, 4.69) is 53.4 Å². The molecule has 0 radical (unpaired) electrons. The van der Waals surface area contributed by atoms with Gasteiger partial charge in [-0.15, -0.1) is 0 Å². The molecule has 4 heteroatoms. The number of nitrogens with one attached hydrogen (secondary N) is 1. The number of rotatable bonds is 4. The van der Waals surface area contributed by atoms with Crippen LogP contribution >= 0.6 is 0 Å². The van der Waals surface area contributed by atoms with E-state index in [1.807, 2.05) is 0 Å². The van der Waals surface area contributed by atoms with Gasteiger partial charge in [0.2, 0.25) is 0 Å². The molecule has 0 bridgehead atoms. The molecule has 1 fully saturated rings. The van der Waals surface area contributed by atoms with Crippen molar-refractivity contribution in [2.45, 2.75) is 25.4 Å². The van der Waals surface area contributed by atoms with Crippen LogP contribution in [0.15, 0.2) is 24.3 Å². The van der Waals surface area contributed by atoms with Crippen molar-refractivity contribution < 1.29 is 4.74 Å². The second kappa shape index (κ2) is 6.77. The van der Waals surface area contributed by atoms with Gasteiger partial charge >= 0.3 is 0 Å². The molecule has 0 saturated carbocycles. The molecule has 0 aliphatic carbocycles. The molecule has 2 atom stereocenters. The SMILES string of the molecule is CCCN1CCN(C2COc3ccccc3C2NC)CC1. The molecule has 1 aromatic rings. The number of hydrogen-bond acceptors (Lipinski definition) is 4. The Bertz CT molecular complexity index is 457. The van der Waals surface area contributed by atoms with Gasteiger partial charge in [-0.3, -0.25) is 4.90 Å². The molecule has 2 aliphatic heterocycles. The summed E-state index contributed by atoms with van der Waals surface area (Å²) in [4.78, 5) is 5.17. The van der Waals surface area contributed by atoms with Crippen LogP contribution in [-0.2, 0) is 0 Å². The Balaban J connectivity index is 1.69. The number of nitrogens with zero attached hydrogens (tertiary/aromatic N) is 2. The van der Waals surface area contributed by atoms with Crippen LogP contribution in [0, 0.1) is 0 Å². The zero-order chi connectivity index (χ0) is 14.7. The van der Waals surface area contributed by atoms with Crippen LogP contribution in [0.1, 0.15) is 24.9 Å². The Labute approximate surface area is 128 Å². The Morgan fingerprint density at radius 3 is 2.67 bits per heavy atom. The quantitative estimate of drug-likeness (QED) is 0.914. The van der Waals surface area contributed by atoms with E-state index in [-0.39, 0.29) is 0 Å². The molecule has 21 heavy (non-hydrogen) atoms. The minimum Gasteiger partial charge on any atom is -0.492 e. The monoisotopic (exact) mass is 289 g/mol. The van der Waals surface area contributed by atoms with Crippen molar-refractivity contribution in [1.29, 1.82) is 0 Å². The Morgan fingerprint density at radius 1 is 1.19 bits per heavy atom.